The van der Waals surface area contributed by atoms with E-state index in [9.17, 15) is 0 Å². The molecule has 1 aliphatic heterocycles. The van der Waals surface area contributed by atoms with E-state index >= 15 is 0 Å². The third-order valence-electron chi connectivity index (χ3n) is 3.48. The van der Waals surface area contributed by atoms with E-state index in [1.165, 1.54) is 71.4 Å². The average Bonchev–Trinajstić information content (AvgIpc) is 2.54. The maximum Gasteiger partial charge on any atom is 0.0462 e. The molecule has 1 aliphatic rings. The minimum Gasteiger partial charge on any atom is -0.385 e. The summed E-state index contributed by atoms with van der Waals surface area (Å²) in [6, 6.07) is 0. The van der Waals surface area contributed by atoms with Crippen LogP contribution in [0.5, 0.6) is 0 Å². The van der Waals surface area contributed by atoms with Crippen LogP contribution in [0.3, 0.4) is 0 Å². The minimum absolute atomic E-state index is 0.926. The van der Waals surface area contributed by atoms with E-state index in [-0.39, 0.29) is 0 Å². The summed E-state index contributed by atoms with van der Waals surface area (Å²) in [5, 5.41) is 0. The van der Waals surface area contributed by atoms with Gasteiger partial charge in [-0.2, -0.15) is 0 Å². The first-order chi connectivity index (χ1) is 10.3. The lowest BCUT2D eigenvalue weighted by atomic mass is 10.2. The van der Waals surface area contributed by atoms with Gasteiger partial charge in [0, 0.05) is 39.9 Å². The van der Waals surface area contributed by atoms with Crippen molar-refractivity contribution in [2.24, 2.45) is 0 Å². The largest absolute Gasteiger partial charge is 0.385 e. The second-order valence-electron chi connectivity index (χ2n) is 5.39. The highest BCUT2D eigenvalue weighted by atomic mass is 16.5. The Bertz CT molecular complexity index is 169. The van der Waals surface area contributed by atoms with Crippen LogP contribution < -0.4 is 0 Å². The van der Waals surface area contributed by atoms with E-state index in [0.29, 0.717) is 0 Å². The average molecular weight is 303 g/mol. The lowest BCUT2D eigenvalue weighted by Crippen LogP contribution is -2.46. The molecule has 0 bridgehead atoms. The number of hydrogen-bond donors (Lipinski definition) is 0. The number of hydrogen-bond acceptors (Lipinski definition) is 3. The number of ether oxygens (including phenoxy) is 1. The maximum absolute atomic E-state index is 5.05. The van der Waals surface area contributed by atoms with Crippen molar-refractivity contribution in [1.82, 2.24) is 9.80 Å². The fourth-order valence-electron chi connectivity index (χ4n) is 2.26. The van der Waals surface area contributed by atoms with E-state index in [1.807, 2.05) is 13.8 Å². The molecular weight excluding hydrogens is 260 g/mol. The zero-order valence-electron chi connectivity index (χ0n) is 15.8. The number of nitrogens with zero attached hydrogens (tertiary/aromatic N) is 2. The summed E-state index contributed by atoms with van der Waals surface area (Å²) in [4.78, 5) is 5.15. The van der Waals surface area contributed by atoms with Crippen molar-refractivity contribution in [2.45, 2.75) is 66.7 Å². The van der Waals surface area contributed by atoms with Crippen molar-refractivity contribution in [3.05, 3.63) is 0 Å². The number of piperazine rings is 1. The summed E-state index contributed by atoms with van der Waals surface area (Å²) in [6.45, 7) is 19.0. The third kappa shape index (κ3) is 16.1. The summed E-state index contributed by atoms with van der Waals surface area (Å²) in [7, 11) is 1.78. The molecule has 0 atom stereocenters. The Hall–Kier alpha value is -0.120. The van der Waals surface area contributed by atoms with Crippen LogP contribution in [0.15, 0.2) is 0 Å². The summed E-state index contributed by atoms with van der Waals surface area (Å²) >= 11 is 0. The van der Waals surface area contributed by atoms with Crippen LogP contribution in [0.1, 0.15) is 66.7 Å². The quantitative estimate of drug-likeness (QED) is 0.623. The maximum atomic E-state index is 5.05. The molecule has 1 saturated heterocycles. The van der Waals surface area contributed by atoms with Crippen LogP contribution in [-0.4, -0.2) is 62.8 Å². The van der Waals surface area contributed by atoms with Gasteiger partial charge in [0.2, 0.25) is 0 Å². The normalized spacial score (nSPS) is 15.7. The molecule has 0 aromatic heterocycles. The lowest BCUT2D eigenvalue weighted by Gasteiger charge is -2.33. The number of likely N-dealkylation sites (N-methyl/N-ethyl adjacent to an activating group) is 1. The molecule has 3 nitrogen and oxygen atoms in total. The van der Waals surface area contributed by atoms with Crippen LogP contribution in [-0.2, 0) is 4.74 Å². The molecular formula is C18H42N2O. The van der Waals surface area contributed by atoms with Crippen molar-refractivity contribution in [3.63, 3.8) is 0 Å². The Morgan fingerprint density at radius 3 is 1.71 bits per heavy atom. The first-order valence-corrected chi connectivity index (χ1v) is 9.22. The van der Waals surface area contributed by atoms with E-state index < -0.39 is 0 Å². The predicted molar refractivity (Wildman–Crippen MR) is 96.2 cm³/mol. The Balaban J connectivity index is 0. The van der Waals surface area contributed by atoms with Crippen LogP contribution in [0.2, 0.25) is 0 Å². The summed E-state index contributed by atoms with van der Waals surface area (Å²) in [5.41, 5.74) is 0. The van der Waals surface area contributed by atoms with Gasteiger partial charge in [-0.25, -0.2) is 0 Å². The molecule has 1 heterocycles. The molecule has 0 N–H and O–H groups in total. The predicted octanol–water partition coefficient (Wildman–Crippen LogP) is 4.27. The molecule has 0 unspecified atom stereocenters. The first kappa shape index (κ1) is 23.2. The summed E-state index contributed by atoms with van der Waals surface area (Å²) in [5.74, 6) is 0. The number of unbranched alkanes of at least 4 members (excludes halogenated alkanes) is 3. The highest BCUT2D eigenvalue weighted by molar-refractivity contribution is 4.70. The topological polar surface area (TPSA) is 15.7 Å². The van der Waals surface area contributed by atoms with Gasteiger partial charge in [-0.1, -0.05) is 53.9 Å². The highest BCUT2D eigenvalue weighted by Crippen LogP contribution is 2.05. The zero-order valence-corrected chi connectivity index (χ0v) is 15.8. The highest BCUT2D eigenvalue weighted by Gasteiger charge is 2.14. The van der Waals surface area contributed by atoms with Crippen LogP contribution in [0.25, 0.3) is 0 Å². The summed E-state index contributed by atoms with van der Waals surface area (Å²) < 4.78 is 5.05. The molecule has 21 heavy (non-hydrogen) atoms. The van der Waals surface area contributed by atoms with Crippen LogP contribution in [0, 0.1) is 0 Å². The number of methoxy groups -OCH3 is 1. The van der Waals surface area contributed by atoms with Crippen molar-refractivity contribution in [2.75, 3.05) is 53.0 Å². The third-order valence-corrected chi connectivity index (χ3v) is 3.48. The Kier molecular flexibility index (Phi) is 21.9. The van der Waals surface area contributed by atoms with Gasteiger partial charge in [0.1, 0.15) is 0 Å². The standard InChI is InChI=1S/C13H28N2O.C3H8.C2H6/c1-3-14-9-11-15(12-10-14)8-6-4-5-7-13-16-2;1-3-2;1-2/h3-13H2,1-2H3;3H2,1-2H3;1-2H3. The van der Waals surface area contributed by atoms with Gasteiger partial charge in [0.15, 0.2) is 0 Å². The van der Waals surface area contributed by atoms with Crippen molar-refractivity contribution in [1.29, 1.82) is 0 Å². The van der Waals surface area contributed by atoms with Gasteiger partial charge in [-0.3, -0.25) is 0 Å². The van der Waals surface area contributed by atoms with Crippen LogP contribution in [0.4, 0.5) is 0 Å². The molecule has 0 aromatic rings. The fourth-order valence-corrected chi connectivity index (χ4v) is 2.26. The van der Waals surface area contributed by atoms with Gasteiger partial charge >= 0.3 is 0 Å². The van der Waals surface area contributed by atoms with Crippen molar-refractivity contribution < 1.29 is 4.74 Å². The lowest BCUT2D eigenvalue weighted by molar-refractivity contribution is 0.135. The molecule has 1 rings (SSSR count). The molecule has 0 saturated carbocycles. The summed E-state index contributed by atoms with van der Waals surface area (Å²) in [6.07, 6.45) is 6.51. The first-order valence-electron chi connectivity index (χ1n) is 9.22. The molecule has 3 heteroatoms. The second kappa shape index (κ2) is 19.9. The number of rotatable bonds is 8. The van der Waals surface area contributed by atoms with E-state index in [2.05, 4.69) is 30.6 Å². The van der Waals surface area contributed by atoms with Crippen molar-refractivity contribution >= 4 is 0 Å². The van der Waals surface area contributed by atoms with Gasteiger partial charge in [0.25, 0.3) is 0 Å². The molecule has 1 fully saturated rings. The van der Waals surface area contributed by atoms with Gasteiger partial charge in [-0.15, -0.1) is 0 Å². The van der Waals surface area contributed by atoms with Crippen LogP contribution >= 0.6 is 0 Å². The molecule has 0 spiro atoms. The monoisotopic (exact) mass is 302 g/mol. The molecule has 0 radical (unpaired) electrons. The van der Waals surface area contributed by atoms with E-state index in [1.54, 1.807) is 7.11 Å². The molecule has 0 aromatic carbocycles. The Morgan fingerprint density at radius 2 is 1.24 bits per heavy atom. The fraction of sp³-hybridized carbons (Fsp3) is 1.00. The second-order valence-corrected chi connectivity index (χ2v) is 5.39. The molecule has 0 amide bonds. The van der Waals surface area contributed by atoms with Gasteiger partial charge in [-0.05, 0) is 25.9 Å². The smallest absolute Gasteiger partial charge is 0.0462 e. The molecule has 0 aliphatic carbocycles. The molecule has 130 valence electrons. The Labute approximate surface area is 135 Å². The zero-order chi connectivity index (χ0) is 16.3. The van der Waals surface area contributed by atoms with Gasteiger partial charge < -0.3 is 14.5 Å². The van der Waals surface area contributed by atoms with E-state index in [0.717, 1.165) is 6.61 Å². The Morgan fingerprint density at radius 1 is 0.762 bits per heavy atom. The van der Waals surface area contributed by atoms with Gasteiger partial charge in [0.05, 0.1) is 0 Å². The van der Waals surface area contributed by atoms with E-state index in [4.69, 9.17) is 4.74 Å². The minimum atomic E-state index is 0.926. The van der Waals surface area contributed by atoms with Crippen molar-refractivity contribution in [3.8, 4) is 0 Å². The SMILES string of the molecule is CC.CCC.CCN1CCN(CCCCCCOC)CC1.